The minimum absolute atomic E-state index is 0.147. The fourth-order valence-corrected chi connectivity index (χ4v) is 0.809. The highest BCUT2D eigenvalue weighted by Gasteiger charge is 1.96. The fraction of sp³-hybridized carbons (Fsp3) is 0.667. The summed E-state index contributed by atoms with van der Waals surface area (Å²) < 4.78 is 0. The normalized spacial score (nSPS) is 12.8. The molecule has 0 aromatic heterocycles. The molecule has 1 atom stereocenters. The number of nitrogens with zero attached hydrogens (tertiary/aromatic N) is 2. The molecule has 0 saturated carbocycles. The summed E-state index contributed by atoms with van der Waals surface area (Å²) in [6.45, 7) is 5.14. The third-order valence-electron chi connectivity index (χ3n) is 1.57. The number of likely N-dealkylation sites (N-methyl/N-ethyl adjacent to an activating group) is 2. The third-order valence-corrected chi connectivity index (χ3v) is 1.57. The van der Waals surface area contributed by atoms with Gasteiger partial charge in [-0.15, -0.1) is 6.58 Å². The minimum Gasteiger partial charge on any atom is -0.392 e. The van der Waals surface area contributed by atoms with E-state index in [4.69, 9.17) is 10.2 Å². The second-order valence-corrected chi connectivity index (χ2v) is 3.98. The summed E-state index contributed by atoms with van der Waals surface area (Å²) >= 11 is 0. The van der Waals surface area contributed by atoms with Crippen molar-refractivity contribution in [1.82, 2.24) is 9.80 Å². The second kappa shape index (κ2) is 12.4. The second-order valence-electron chi connectivity index (χ2n) is 3.98. The first kappa shape index (κ1) is 17.7. The van der Waals surface area contributed by atoms with Gasteiger partial charge in [-0.25, -0.2) is 0 Å². The molecule has 2 N–H and O–H groups in total. The summed E-state index contributed by atoms with van der Waals surface area (Å²) in [4.78, 5) is 3.94. The van der Waals surface area contributed by atoms with Crippen LogP contribution in [0.3, 0.4) is 0 Å². The van der Waals surface area contributed by atoms with Crippen molar-refractivity contribution in [2.24, 2.45) is 0 Å². The average Bonchev–Trinajstić information content (AvgIpc) is 2.17. The van der Waals surface area contributed by atoms with Crippen LogP contribution in [-0.2, 0) is 0 Å². The fourth-order valence-electron chi connectivity index (χ4n) is 0.809. The Kier molecular flexibility index (Phi) is 13.7. The lowest BCUT2D eigenvalue weighted by Crippen LogP contribution is -2.23. The van der Waals surface area contributed by atoms with E-state index in [9.17, 15) is 0 Å². The Morgan fingerprint density at radius 2 is 1.69 bits per heavy atom. The van der Waals surface area contributed by atoms with E-state index in [0.717, 1.165) is 6.54 Å². The molecule has 16 heavy (non-hydrogen) atoms. The highest BCUT2D eigenvalue weighted by Crippen LogP contribution is 1.84. The lowest BCUT2D eigenvalue weighted by atomic mass is 10.3. The Morgan fingerprint density at radius 1 is 1.12 bits per heavy atom. The summed E-state index contributed by atoms with van der Waals surface area (Å²) in [6.07, 6.45) is 4.81. The third kappa shape index (κ3) is 19.0. The summed E-state index contributed by atoms with van der Waals surface area (Å²) in [5.74, 6) is 0. The van der Waals surface area contributed by atoms with Gasteiger partial charge < -0.3 is 20.0 Å². The maximum Gasteiger partial charge on any atom is 0.0845 e. The molecule has 4 heteroatoms. The number of aliphatic hydroxyl groups is 2. The zero-order valence-electron chi connectivity index (χ0n) is 10.9. The van der Waals surface area contributed by atoms with Crippen LogP contribution in [0, 0.1) is 0 Å². The van der Waals surface area contributed by atoms with Crippen LogP contribution in [0.1, 0.15) is 0 Å². The topological polar surface area (TPSA) is 46.9 Å². The van der Waals surface area contributed by atoms with Crippen LogP contribution >= 0.6 is 0 Å². The van der Waals surface area contributed by atoms with E-state index in [0.29, 0.717) is 6.54 Å². The molecule has 0 aromatic rings. The lowest BCUT2D eigenvalue weighted by molar-refractivity contribution is 0.178. The highest BCUT2D eigenvalue weighted by atomic mass is 16.3. The van der Waals surface area contributed by atoms with Gasteiger partial charge in [0, 0.05) is 13.1 Å². The summed E-state index contributed by atoms with van der Waals surface area (Å²) in [6, 6.07) is 0. The lowest BCUT2D eigenvalue weighted by Gasteiger charge is -2.11. The standard InChI is InChI=1S/2C6H13NO/c1-7(2)5-3-4-6-8;1-4-6(8)5-7(2)3/h3-4,8H,5-6H2,1-2H3;4,6,8H,1,5H2,2-3H3/b4-3+;. The average molecular weight is 230 g/mol. The molecule has 0 heterocycles. The molecular formula is C12H26N2O2. The van der Waals surface area contributed by atoms with Gasteiger partial charge in [-0.3, -0.25) is 0 Å². The van der Waals surface area contributed by atoms with Crippen molar-refractivity contribution >= 4 is 0 Å². The molecule has 0 aromatic carbocycles. The Hall–Kier alpha value is -0.680. The van der Waals surface area contributed by atoms with E-state index in [1.807, 2.05) is 44.1 Å². The van der Waals surface area contributed by atoms with Crippen LogP contribution in [0.15, 0.2) is 24.8 Å². The highest BCUT2D eigenvalue weighted by molar-refractivity contribution is 4.82. The molecule has 0 aliphatic carbocycles. The quantitative estimate of drug-likeness (QED) is 0.640. The monoisotopic (exact) mass is 230 g/mol. The maximum absolute atomic E-state index is 8.87. The van der Waals surface area contributed by atoms with Gasteiger partial charge in [0.25, 0.3) is 0 Å². The van der Waals surface area contributed by atoms with Crippen molar-refractivity contribution in [2.75, 3.05) is 47.9 Å². The van der Waals surface area contributed by atoms with Crippen molar-refractivity contribution in [2.45, 2.75) is 6.10 Å². The van der Waals surface area contributed by atoms with Crippen LogP contribution in [0.5, 0.6) is 0 Å². The molecule has 4 nitrogen and oxygen atoms in total. The SMILES string of the molecule is C=CC(O)CN(C)C.CN(C)C/C=C/CO. The van der Waals surface area contributed by atoms with Gasteiger partial charge in [0.05, 0.1) is 12.7 Å². The maximum atomic E-state index is 8.87. The van der Waals surface area contributed by atoms with Gasteiger partial charge in [-0.2, -0.15) is 0 Å². The van der Waals surface area contributed by atoms with Gasteiger partial charge >= 0.3 is 0 Å². The predicted molar refractivity (Wildman–Crippen MR) is 69.5 cm³/mol. The van der Waals surface area contributed by atoms with E-state index < -0.39 is 0 Å². The molecule has 0 bridgehead atoms. The van der Waals surface area contributed by atoms with Crippen molar-refractivity contribution in [3.63, 3.8) is 0 Å². The molecule has 0 spiro atoms. The molecule has 0 fully saturated rings. The van der Waals surface area contributed by atoms with Crippen LogP contribution in [-0.4, -0.2) is 74.0 Å². The molecule has 0 rings (SSSR count). The summed E-state index contributed by atoms with van der Waals surface area (Å²) in [5, 5.41) is 17.1. The molecule has 96 valence electrons. The van der Waals surface area contributed by atoms with Crippen molar-refractivity contribution < 1.29 is 10.2 Å². The van der Waals surface area contributed by atoms with Gasteiger partial charge in [0.15, 0.2) is 0 Å². The molecule has 1 unspecified atom stereocenters. The molecule has 0 aliphatic rings. The number of rotatable bonds is 6. The van der Waals surface area contributed by atoms with Crippen molar-refractivity contribution in [3.8, 4) is 0 Å². The van der Waals surface area contributed by atoms with Crippen LogP contribution in [0.4, 0.5) is 0 Å². The molecule has 0 amide bonds. The van der Waals surface area contributed by atoms with E-state index in [2.05, 4.69) is 6.58 Å². The molecule has 0 saturated heterocycles. The summed E-state index contributed by atoms with van der Waals surface area (Å²) in [5.41, 5.74) is 0. The molecule has 0 aliphatic heterocycles. The Balaban J connectivity index is 0. The summed E-state index contributed by atoms with van der Waals surface area (Å²) in [7, 11) is 7.79. The van der Waals surface area contributed by atoms with E-state index in [1.54, 1.807) is 6.08 Å². The van der Waals surface area contributed by atoms with E-state index in [1.165, 1.54) is 6.08 Å². The Morgan fingerprint density at radius 3 is 1.94 bits per heavy atom. The first-order chi connectivity index (χ1) is 7.43. The Bertz CT molecular complexity index is 180. The largest absolute Gasteiger partial charge is 0.392 e. The van der Waals surface area contributed by atoms with Crippen LogP contribution in [0.2, 0.25) is 0 Å². The van der Waals surface area contributed by atoms with Crippen LogP contribution < -0.4 is 0 Å². The minimum atomic E-state index is -0.384. The van der Waals surface area contributed by atoms with Crippen molar-refractivity contribution in [1.29, 1.82) is 0 Å². The van der Waals surface area contributed by atoms with Gasteiger partial charge in [-0.1, -0.05) is 18.2 Å². The van der Waals surface area contributed by atoms with Gasteiger partial charge in [-0.05, 0) is 28.2 Å². The van der Waals surface area contributed by atoms with Crippen LogP contribution in [0.25, 0.3) is 0 Å². The van der Waals surface area contributed by atoms with Crippen molar-refractivity contribution in [3.05, 3.63) is 24.8 Å². The van der Waals surface area contributed by atoms with Gasteiger partial charge in [0.1, 0.15) is 0 Å². The zero-order chi connectivity index (χ0) is 13.0. The smallest absolute Gasteiger partial charge is 0.0845 e. The van der Waals surface area contributed by atoms with E-state index >= 15 is 0 Å². The molecular weight excluding hydrogens is 204 g/mol. The first-order valence-corrected chi connectivity index (χ1v) is 5.30. The zero-order valence-corrected chi connectivity index (χ0v) is 10.9. The molecule has 0 radical (unpaired) electrons. The van der Waals surface area contributed by atoms with Gasteiger partial charge in [0.2, 0.25) is 0 Å². The first-order valence-electron chi connectivity index (χ1n) is 5.30. The Labute approximate surface area is 99.5 Å². The predicted octanol–water partition coefficient (Wildman–Crippen LogP) is 0.191. The number of hydrogen-bond donors (Lipinski definition) is 2. The number of aliphatic hydroxyl groups excluding tert-OH is 2. The van der Waals surface area contributed by atoms with E-state index in [-0.39, 0.29) is 12.7 Å². The number of hydrogen-bond acceptors (Lipinski definition) is 4.